The molecule has 1 fully saturated rings. The Morgan fingerprint density at radius 3 is 2.80 bits per heavy atom. The summed E-state index contributed by atoms with van der Waals surface area (Å²) in [6, 6.07) is 0.672. The Kier molecular flexibility index (Phi) is 2.65. The van der Waals surface area contributed by atoms with Gasteiger partial charge >= 0.3 is 0 Å². The van der Waals surface area contributed by atoms with Gasteiger partial charge in [-0.1, -0.05) is 0 Å². The molecule has 1 aliphatic carbocycles. The van der Waals surface area contributed by atoms with Gasteiger partial charge in [0, 0.05) is 19.0 Å². The molecule has 0 heterocycles. The van der Waals surface area contributed by atoms with Crippen molar-refractivity contribution in [1.82, 2.24) is 10.7 Å². The summed E-state index contributed by atoms with van der Waals surface area (Å²) >= 11 is 0. The minimum Gasteiger partial charge on any atom is -0.313 e. The molecule has 0 spiro atoms. The number of hydrogen-bond donors (Lipinski definition) is 3. The number of amides is 1. The summed E-state index contributed by atoms with van der Waals surface area (Å²) in [4.78, 5) is 10.5. The molecule has 0 bridgehead atoms. The molecule has 0 aromatic heterocycles. The molecule has 4 heteroatoms. The van der Waals surface area contributed by atoms with E-state index in [9.17, 15) is 4.79 Å². The topological polar surface area (TPSA) is 67.1 Å². The fourth-order valence-corrected chi connectivity index (χ4v) is 0.749. The zero-order valence-corrected chi connectivity index (χ0v) is 5.89. The standard InChI is InChI=1S/C6H13N3O/c7-9-6(10)3-4-8-5-1-2-5/h5,8H,1-4,7H2,(H,9,10). The largest absolute Gasteiger partial charge is 0.313 e. The summed E-state index contributed by atoms with van der Waals surface area (Å²) in [7, 11) is 0. The van der Waals surface area contributed by atoms with Crippen molar-refractivity contribution in [3.8, 4) is 0 Å². The molecular weight excluding hydrogens is 130 g/mol. The van der Waals surface area contributed by atoms with Crippen LogP contribution < -0.4 is 16.6 Å². The SMILES string of the molecule is NNC(=O)CCNC1CC1. The van der Waals surface area contributed by atoms with Crippen molar-refractivity contribution in [2.45, 2.75) is 25.3 Å². The monoisotopic (exact) mass is 143 g/mol. The first-order chi connectivity index (χ1) is 4.83. The summed E-state index contributed by atoms with van der Waals surface area (Å²) < 4.78 is 0. The highest BCUT2D eigenvalue weighted by molar-refractivity contribution is 5.75. The first-order valence-corrected chi connectivity index (χ1v) is 3.56. The van der Waals surface area contributed by atoms with Gasteiger partial charge in [-0.2, -0.15) is 0 Å². The van der Waals surface area contributed by atoms with E-state index in [0.717, 1.165) is 6.54 Å². The van der Waals surface area contributed by atoms with Crippen molar-refractivity contribution in [3.63, 3.8) is 0 Å². The van der Waals surface area contributed by atoms with E-state index in [1.54, 1.807) is 0 Å². The maximum atomic E-state index is 10.5. The summed E-state index contributed by atoms with van der Waals surface area (Å²) in [5.41, 5.74) is 2.08. The molecule has 1 saturated carbocycles. The molecule has 10 heavy (non-hydrogen) atoms. The van der Waals surface area contributed by atoms with Crippen molar-refractivity contribution in [2.75, 3.05) is 6.54 Å². The number of hydrazine groups is 1. The zero-order chi connectivity index (χ0) is 7.40. The quantitative estimate of drug-likeness (QED) is 0.272. The molecule has 1 amide bonds. The van der Waals surface area contributed by atoms with E-state index in [4.69, 9.17) is 5.84 Å². The lowest BCUT2D eigenvalue weighted by Crippen LogP contribution is -2.33. The van der Waals surface area contributed by atoms with E-state index < -0.39 is 0 Å². The van der Waals surface area contributed by atoms with Gasteiger partial charge in [0.05, 0.1) is 0 Å². The van der Waals surface area contributed by atoms with Gasteiger partial charge < -0.3 is 5.32 Å². The van der Waals surface area contributed by atoms with Gasteiger partial charge in [0.15, 0.2) is 0 Å². The Labute approximate surface area is 60.1 Å². The number of carbonyl (C=O) groups excluding carboxylic acids is 1. The second kappa shape index (κ2) is 3.53. The molecular formula is C6H13N3O. The van der Waals surface area contributed by atoms with Crippen LogP contribution in [0.1, 0.15) is 19.3 Å². The smallest absolute Gasteiger partial charge is 0.235 e. The van der Waals surface area contributed by atoms with Crippen LogP contribution in [-0.2, 0) is 4.79 Å². The molecule has 4 N–H and O–H groups in total. The molecule has 4 nitrogen and oxygen atoms in total. The number of carbonyl (C=O) groups is 1. The molecule has 0 aromatic rings. The maximum absolute atomic E-state index is 10.5. The molecule has 58 valence electrons. The average Bonchev–Trinajstić information content (AvgIpc) is 2.71. The highest BCUT2D eigenvalue weighted by Gasteiger charge is 2.19. The zero-order valence-electron chi connectivity index (χ0n) is 5.89. The predicted octanol–water partition coefficient (Wildman–Crippen LogP) is -0.882. The van der Waals surface area contributed by atoms with Crippen molar-refractivity contribution < 1.29 is 4.79 Å². The second-order valence-electron chi connectivity index (χ2n) is 2.55. The second-order valence-corrected chi connectivity index (χ2v) is 2.55. The van der Waals surface area contributed by atoms with Gasteiger partial charge in [0.2, 0.25) is 5.91 Å². The molecule has 0 atom stereocenters. The fraction of sp³-hybridized carbons (Fsp3) is 0.833. The van der Waals surface area contributed by atoms with Gasteiger partial charge in [-0.3, -0.25) is 10.2 Å². The Balaban J connectivity index is 1.88. The maximum Gasteiger partial charge on any atom is 0.235 e. The lowest BCUT2D eigenvalue weighted by molar-refractivity contribution is -0.121. The van der Waals surface area contributed by atoms with Crippen LogP contribution in [0.3, 0.4) is 0 Å². The van der Waals surface area contributed by atoms with E-state index in [2.05, 4.69) is 10.7 Å². The third kappa shape index (κ3) is 2.80. The molecule has 0 saturated heterocycles. The van der Waals surface area contributed by atoms with E-state index in [0.29, 0.717) is 12.5 Å². The summed E-state index contributed by atoms with van der Waals surface area (Å²) in [6.45, 7) is 0.744. The Morgan fingerprint density at radius 1 is 1.60 bits per heavy atom. The average molecular weight is 143 g/mol. The minimum absolute atomic E-state index is 0.104. The van der Waals surface area contributed by atoms with Crippen molar-refractivity contribution >= 4 is 5.91 Å². The van der Waals surface area contributed by atoms with Gasteiger partial charge in [-0.25, -0.2) is 5.84 Å². The van der Waals surface area contributed by atoms with Crippen LogP contribution in [0.15, 0.2) is 0 Å². The van der Waals surface area contributed by atoms with E-state index in [1.807, 2.05) is 0 Å². The van der Waals surface area contributed by atoms with Crippen LogP contribution in [0.25, 0.3) is 0 Å². The van der Waals surface area contributed by atoms with E-state index >= 15 is 0 Å². The van der Waals surface area contributed by atoms with Gasteiger partial charge in [0.1, 0.15) is 0 Å². The van der Waals surface area contributed by atoms with Crippen LogP contribution in [0.2, 0.25) is 0 Å². The molecule has 0 aliphatic heterocycles. The molecule has 0 aromatic carbocycles. The van der Waals surface area contributed by atoms with Crippen molar-refractivity contribution in [2.24, 2.45) is 5.84 Å². The van der Waals surface area contributed by atoms with Crippen LogP contribution in [0, 0.1) is 0 Å². The summed E-state index contributed by atoms with van der Waals surface area (Å²) in [5.74, 6) is 4.77. The van der Waals surface area contributed by atoms with Crippen LogP contribution in [0.4, 0.5) is 0 Å². The Morgan fingerprint density at radius 2 is 2.30 bits per heavy atom. The van der Waals surface area contributed by atoms with Gasteiger partial charge in [-0.15, -0.1) is 0 Å². The highest BCUT2D eigenvalue weighted by Crippen LogP contribution is 2.18. The van der Waals surface area contributed by atoms with Crippen LogP contribution in [0.5, 0.6) is 0 Å². The Bertz CT molecular complexity index is 122. The number of nitrogens with two attached hydrogens (primary N) is 1. The fourth-order valence-electron chi connectivity index (χ4n) is 0.749. The Hall–Kier alpha value is -0.610. The minimum atomic E-state index is -0.104. The third-order valence-electron chi connectivity index (χ3n) is 1.52. The normalized spacial score (nSPS) is 16.9. The predicted molar refractivity (Wildman–Crippen MR) is 38.0 cm³/mol. The first-order valence-electron chi connectivity index (χ1n) is 3.56. The molecule has 1 aliphatic rings. The molecule has 0 unspecified atom stereocenters. The van der Waals surface area contributed by atoms with E-state index in [-0.39, 0.29) is 5.91 Å². The van der Waals surface area contributed by atoms with Gasteiger partial charge in [-0.05, 0) is 12.8 Å². The molecule has 1 rings (SSSR count). The van der Waals surface area contributed by atoms with Crippen molar-refractivity contribution in [1.29, 1.82) is 0 Å². The number of nitrogens with one attached hydrogen (secondary N) is 2. The van der Waals surface area contributed by atoms with Crippen LogP contribution >= 0.6 is 0 Å². The lowest BCUT2D eigenvalue weighted by Gasteiger charge is -1.99. The number of rotatable bonds is 4. The number of hydrogen-bond acceptors (Lipinski definition) is 3. The third-order valence-corrected chi connectivity index (χ3v) is 1.52. The lowest BCUT2D eigenvalue weighted by atomic mass is 10.4. The summed E-state index contributed by atoms with van der Waals surface area (Å²) in [6.07, 6.45) is 2.99. The van der Waals surface area contributed by atoms with Crippen molar-refractivity contribution in [3.05, 3.63) is 0 Å². The molecule has 0 radical (unpaired) electrons. The van der Waals surface area contributed by atoms with Gasteiger partial charge in [0.25, 0.3) is 0 Å². The summed E-state index contributed by atoms with van der Waals surface area (Å²) in [5, 5.41) is 3.21. The highest BCUT2D eigenvalue weighted by atomic mass is 16.2. The first kappa shape index (κ1) is 7.50. The van der Waals surface area contributed by atoms with E-state index in [1.165, 1.54) is 12.8 Å². The van der Waals surface area contributed by atoms with Crippen LogP contribution in [-0.4, -0.2) is 18.5 Å².